The number of nitrogens with zero attached hydrogens (tertiary/aromatic N) is 1. The monoisotopic (exact) mass is 411 g/mol. The molecule has 2 aromatic rings. The first kappa shape index (κ1) is 21.1. The second kappa shape index (κ2) is 9.75. The third-order valence-electron chi connectivity index (χ3n) is 5.26. The van der Waals surface area contributed by atoms with Crippen LogP contribution < -0.4 is 0 Å². The Morgan fingerprint density at radius 2 is 1.83 bits per heavy atom. The van der Waals surface area contributed by atoms with E-state index in [9.17, 15) is 9.59 Å². The van der Waals surface area contributed by atoms with E-state index in [1.165, 1.54) is 0 Å². The van der Waals surface area contributed by atoms with E-state index in [0.29, 0.717) is 22.8 Å². The number of allylic oxidation sites excluding steroid dienone is 1. The third kappa shape index (κ3) is 5.07. The average molecular weight is 412 g/mol. The Labute approximate surface area is 177 Å². The molecule has 1 amide bonds. The van der Waals surface area contributed by atoms with Gasteiger partial charge in [-0.05, 0) is 36.6 Å². The van der Waals surface area contributed by atoms with Gasteiger partial charge in [0.25, 0.3) is 0 Å². The molecule has 0 N–H and O–H groups in total. The zero-order valence-electron chi connectivity index (χ0n) is 16.9. The van der Waals surface area contributed by atoms with E-state index in [4.69, 9.17) is 16.3 Å². The van der Waals surface area contributed by atoms with Crippen molar-refractivity contribution < 1.29 is 14.3 Å². The third-order valence-corrected chi connectivity index (χ3v) is 5.52. The van der Waals surface area contributed by atoms with E-state index < -0.39 is 0 Å². The Balaban J connectivity index is 1.92. The predicted octanol–water partition coefficient (Wildman–Crippen LogP) is 5.47. The number of rotatable bonds is 7. The smallest absolute Gasteiger partial charge is 0.336 e. The average Bonchev–Trinajstić information content (AvgIpc) is 2.73. The van der Waals surface area contributed by atoms with Gasteiger partial charge in [-0.15, -0.1) is 0 Å². The molecule has 0 spiro atoms. The molecule has 1 atom stereocenters. The SMILES string of the molecule is CCCCN1C(=O)CC(c2ccc(Cl)cc2)C(C(=O)OCc2ccccc2)=C1C. The summed E-state index contributed by atoms with van der Waals surface area (Å²) in [7, 11) is 0. The van der Waals surface area contributed by atoms with Crippen LogP contribution in [0.3, 0.4) is 0 Å². The fourth-order valence-electron chi connectivity index (χ4n) is 3.65. The van der Waals surface area contributed by atoms with Crippen molar-refractivity contribution in [3.8, 4) is 0 Å². The molecule has 1 unspecified atom stereocenters. The number of halogens is 1. The minimum Gasteiger partial charge on any atom is -0.457 e. The molecule has 1 aliphatic heterocycles. The van der Waals surface area contributed by atoms with Gasteiger partial charge in [-0.2, -0.15) is 0 Å². The Morgan fingerprint density at radius 3 is 2.48 bits per heavy atom. The zero-order valence-corrected chi connectivity index (χ0v) is 17.6. The van der Waals surface area contributed by atoms with Crippen LogP contribution in [-0.4, -0.2) is 23.3 Å². The maximum Gasteiger partial charge on any atom is 0.336 e. The largest absolute Gasteiger partial charge is 0.457 e. The lowest BCUT2D eigenvalue weighted by Gasteiger charge is -2.34. The van der Waals surface area contributed by atoms with Gasteiger partial charge in [0.2, 0.25) is 5.91 Å². The Morgan fingerprint density at radius 1 is 1.14 bits per heavy atom. The fraction of sp³-hybridized carbons (Fsp3) is 0.333. The van der Waals surface area contributed by atoms with Gasteiger partial charge in [0.1, 0.15) is 6.61 Å². The van der Waals surface area contributed by atoms with E-state index >= 15 is 0 Å². The van der Waals surface area contributed by atoms with Crippen LogP contribution in [0.15, 0.2) is 65.9 Å². The van der Waals surface area contributed by atoms with Gasteiger partial charge in [-0.25, -0.2) is 4.79 Å². The molecule has 152 valence electrons. The first-order valence-corrected chi connectivity index (χ1v) is 10.4. The van der Waals surface area contributed by atoms with Gasteiger partial charge in [0.05, 0.1) is 5.57 Å². The predicted molar refractivity (Wildman–Crippen MR) is 114 cm³/mol. The van der Waals surface area contributed by atoms with Crippen LogP contribution in [0, 0.1) is 0 Å². The highest BCUT2D eigenvalue weighted by atomic mass is 35.5. The summed E-state index contributed by atoms with van der Waals surface area (Å²) in [5.74, 6) is -0.670. The summed E-state index contributed by atoms with van der Waals surface area (Å²) < 4.78 is 5.64. The molecule has 1 aliphatic rings. The number of unbranched alkanes of at least 4 members (excludes halogenated alkanes) is 1. The number of esters is 1. The molecule has 0 bridgehead atoms. The highest BCUT2D eigenvalue weighted by Gasteiger charge is 2.36. The summed E-state index contributed by atoms with van der Waals surface area (Å²) in [6, 6.07) is 16.9. The zero-order chi connectivity index (χ0) is 20.8. The van der Waals surface area contributed by atoms with Crippen LogP contribution in [0.25, 0.3) is 0 Å². The van der Waals surface area contributed by atoms with Crippen LogP contribution in [0.4, 0.5) is 0 Å². The molecular formula is C24H26ClNO3. The molecule has 0 aliphatic carbocycles. The van der Waals surface area contributed by atoms with Crippen molar-refractivity contribution in [3.05, 3.63) is 82.0 Å². The number of benzene rings is 2. The molecule has 0 radical (unpaired) electrons. The number of amides is 1. The lowest BCUT2D eigenvalue weighted by atomic mass is 9.83. The second-order valence-electron chi connectivity index (χ2n) is 7.27. The summed E-state index contributed by atoms with van der Waals surface area (Å²) in [5, 5.41) is 0.620. The second-order valence-corrected chi connectivity index (χ2v) is 7.70. The Kier molecular flexibility index (Phi) is 7.10. The van der Waals surface area contributed by atoms with Gasteiger partial charge in [0.15, 0.2) is 0 Å². The quantitative estimate of drug-likeness (QED) is 0.567. The number of ether oxygens (including phenoxy) is 1. The van der Waals surface area contributed by atoms with E-state index in [0.717, 1.165) is 24.0 Å². The normalized spacial score (nSPS) is 16.9. The maximum atomic E-state index is 13.1. The number of hydrogen-bond acceptors (Lipinski definition) is 3. The molecule has 0 saturated carbocycles. The van der Waals surface area contributed by atoms with Crippen LogP contribution in [-0.2, 0) is 20.9 Å². The summed E-state index contributed by atoms with van der Waals surface area (Å²) in [4.78, 5) is 27.7. The molecule has 1 heterocycles. The molecule has 0 aromatic heterocycles. The molecule has 29 heavy (non-hydrogen) atoms. The van der Waals surface area contributed by atoms with Crippen LogP contribution in [0.1, 0.15) is 50.2 Å². The lowest BCUT2D eigenvalue weighted by Crippen LogP contribution is -2.39. The van der Waals surface area contributed by atoms with Crippen molar-refractivity contribution in [2.45, 2.75) is 45.6 Å². The van der Waals surface area contributed by atoms with Crippen LogP contribution >= 0.6 is 11.6 Å². The molecular weight excluding hydrogens is 386 g/mol. The molecule has 4 nitrogen and oxygen atoms in total. The summed E-state index contributed by atoms with van der Waals surface area (Å²) >= 11 is 6.03. The fourth-order valence-corrected chi connectivity index (χ4v) is 3.78. The van der Waals surface area contributed by atoms with Crippen molar-refractivity contribution in [1.82, 2.24) is 4.90 Å². The standard InChI is InChI=1S/C24H26ClNO3/c1-3-4-14-26-17(2)23(24(28)29-16-18-8-6-5-7-9-18)21(15-22(26)27)19-10-12-20(25)13-11-19/h5-13,21H,3-4,14-16H2,1-2H3. The van der Waals surface area contributed by atoms with Crippen LogP contribution in [0.2, 0.25) is 5.02 Å². The van der Waals surface area contributed by atoms with Gasteiger partial charge in [0, 0.05) is 29.6 Å². The van der Waals surface area contributed by atoms with Gasteiger partial charge < -0.3 is 9.64 Å². The maximum absolute atomic E-state index is 13.1. The van der Waals surface area contributed by atoms with E-state index in [1.54, 1.807) is 17.0 Å². The van der Waals surface area contributed by atoms with Crippen molar-refractivity contribution in [2.24, 2.45) is 0 Å². The van der Waals surface area contributed by atoms with Crippen LogP contribution in [0.5, 0.6) is 0 Å². The summed E-state index contributed by atoms with van der Waals surface area (Å²) in [6.07, 6.45) is 2.12. The van der Waals surface area contributed by atoms with Crippen molar-refractivity contribution in [3.63, 3.8) is 0 Å². The lowest BCUT2D eigenvalue weighted by molar-refractivity contribution is -0.141. The first-order chi connectivity index (χ1) is 14.0. The van der Waals surface area contributed by atoms with Gasteiger partial charge in [-0.1, -0.05) is 67.4 Å². The summed E-state index contributed by atoms with van der Waals surface area (Å²) in [6.45, 7) is 4.74. The minimum atomic E-state index is -0.375. The van der Waals surface area contributed by atoms with E-state index in [-0.39, 0.29) is 30.8 Å². The van der Waals surface area contributed by atoms with E-state index in [1.807, 2.05) is 49.4 Å². The van der Waals surface area contributed by atoms with Crippen molar-refractivity contribution in [2.75, 3.05) is 6.54 Å². The first-order valence-electron chi connectivity index (χ1n) is 9.99. The molecule has 2 aromatic carbocycles. The van der Waals surface area contributed by atoms with Crippen molar-refractivity contribution >= 4 is 23.5 Å². The highest BCUT2D eigenvalue weighted by molar-refractivity contribution is 6.30. The minimum absolute atomic E-state index is 0.0375. The van der Waals surface area contributed by atoms with Gasteiger partial charge >= 0.3 is 5.97 Å². The molecule has 0 saturated heterocycles. The molecule has 3 rings (SSSR count). The number of hydrogen-bond donors (Lipinski definition) is 0. The molecule has 0 fully saturated rings. The molecule has 5 heteroatoms. The Bertz CT molecular complexity index is 890. The van der Waals surface area contributed by atoms with E-state index in [2.05, 4.69) is 6.92 Å². The topological polar surface area (TPSA) is 46.6 Å². The summed E-state index contributed by atoms with van der Waals surface area (Å²) in [5.41, 5.74) is 3.06. The number of carbonyl (C=O) groups excluding carboxylic acids is 2. The highest BCUT2D eigenvalue weighted by Crippen LogP contribution is 2.37. The number of carbonyl (C=O) groups is 2. The Hall–Kier alpha value is -2.59. The van der Waals surface area contributed by atoms with Crippen molar-refractivity contribution in [1.29, 1.82) is 0 Å². The van der Waals surface area contributed by atoms with Gasteiger partial charge in [-0.3, -0.25) is 4.79 Å².